The van der Waals surface area contributed by atoms with Crippen LogP contribution in [0.1, 0.15) is 51.9 Å². The van der Waals surface area contributed by atoms with Gasteiger partial charge < -0.3 is 5.11 Å². The maximum atomic E-state index is 11.6. The van der Waals surface area contributed by atoms with Crippen molar-refractivity contribution in [3.63, 3.8) is 0 Å². The van der Waals surface area contributed by atoms with Gasteiger partial charge in [0.15, 0.2) is 0 Å². The number of carbonyl (C=O) groups is 1. The number of aliphatic hydroxyl groups is 1. The average Bonchev–Trinajstić information content (AvgIpc) is 2.15. The summed E-state index contributed by atoms with van der Waals surface area (Å²) in [7, 11) is 0. The summed E-state index contributed by atoms with van der Waals surface area (Å²) in [5.41, 5.74) is 0. The lowest BCUT2D eigenvalue weighted by Crippen LogP contribution is -2.23. The van der Waals surface area contributed by atoms with Crippen molar-refractivity contribution < 1.29 is 9.90 Å². The van der Waals surface area contributed by atoms with Crippen LogP contribution in [0.3, 0.4) is 0 Å². The van der Waals surface area contributed by atoms with E-state index in [9.17, 15) is 4.79 Å². The van der Waals surface area contributed by atoms with Crippen LogP contribution in [0.15, 0.2) is 0 Å². The zero-order valence-corrected chi connectivity index (χ0v) is 9.17. The molecule has 2 atom stereocenters. The monoisotopic (exact) mass is 198 g/mol. The van der Waals surface area contributed by atoms with Gasteiger partial charge in [-0.15, -0.1) is 0 Å². The number of Topliss-reactive ketones (excluding diaryl/α,β-unsaturated/α-hetero) is 1. The summed E-state index contributed by atoms with van der Waals surface area (Å²) in [6, 6.07) is 0. The Balaban J connectivity index is 2.14. The van der Waals surface area contributed by atoms with Gasteiger partial charge in [0, 0.05) is 18.9 Å². The van der Waals surface area contributed by atoms with Crippen LogP contribution < -0.4 is 0 Å². The maximum Gasteiger partial charge on any atom is 0.136 e. The van der Waals surface area contributed by atoms with Gasteiger partial charge in [-0.25, -0.2) is 0 Å². The predicted octanol–water partition coefficient (Wildman–Crippen LogP) is 2.54. The Bertz CT molecular complexity index is 177. The Labute approximate surface area is 86.7 Å². The van der Waals surface area contributed by atoms with Crippen LogP contribution in [0, 0.1) is 11.8 Å². The van der Waals surface area contributed by atoms with Crippen LogP contribution in [0.4, 0.5) is 0 Å². The zero-order valence-electron chi connectivity index (χ0n) is 9.17. The maximum absolute atomic E-state index is 11.6. The van der Waals surface area contributed by atoms with Crippen molar-refractivity contribution in [3.8, 4) is 0 Å². The highest BCUT2D eigenvalue weighted by atomic mass is 16.2. The zero-order chi connectivity index (χ0) is 10.4. The molecule has 1 rings (SSSR count). The number of hydrogen-bond donors (Lipinski definition) is 1. The highest BCUT2D eigenvalue weighted by Crippen LogP contribution is 2.28. The minimum Gasteiger partial charge on any atom is -0.396 e. The number of rotatable bonds is 5. The first-order valence-corrected chi connectivity index (χ1v) is 5.87. The van der Waals surface area contributed by atoms with Crippen LogP contribution >= 0.6 is 0 Å². The molecule has 0 amide bonds. The van der Waals surface area contributed by atoms with Gasteiger partial charge in [0.2, 0.25) is 0 Å². The summed E-state index contributed by atoms with van der Waals surface area (Å²) >= 11 is 0. The molecule has 0 bridgehead atoms. The van der Waals surface area contributed by atoms with E-state index in [0.717, 1.165) is 38.5 Å². The van der Waals surface area contributed by atoms with Crippen molar-refractivity contribution in [1.29, 1.82) is 0 Å². The summed E-state index contributed by atoms with van der Waals surface area (Å²) in [4.78, 5) is 11.6. The Hall–Kier alpha value is -0.370. The molecule has 2 heteroatoms. The fraction of sp³-hybridized carbons (Fsp3) is 0.917. The molecule has 0 aliphatic heterocycles. The quantitative estimate of drug-likeness (QED) is 0.689. The molecule has 1 fully saturated rings. The molecule has 82 valence electrons. The van der Waals surface area contributed by atoms with Crippen molar-refractivity contribution in [1.82, 2.24) is 0 Å². The standard InChI is InChI=1S/C12H22O2/c1-10-6-7-11(12(14)9-10)5-3-2-4-8-13/h10-11,13H,2-9H2,1H3. The molecule has 1 aliphatic carbocycles. The minimum atomic E-state index is 0.287. The molecule has 1 saturated carbocycles. The van der Waals surface area contributed by atoms with E-state index >= 15 is 0 Å². The SMILES string of the molecule is CC1CCC(CCCCCO)C(=O)C1. The topological polar surface area (TPSA) is 37.3 Å². The fourth-order valence-electron chi connectivity index (χ4n) is 2.24. The molecule has 0 radical (unpaired) electrons. The van der Waals surface area contributed by atoms with Crippen molar-refractivity contribution in [2.45, 2.75) is 51.9 Å². The molecule has 0 saturated heterocycles. The van der Waals surface area contributed by atoms with E-state index in [1.807, 2.05) is 0 Å². The van der Waals surface area contributed by atoms with Crippen LogP contribution in [0.5, 0.6) is 0 Å². The molecule has 14 heavy (non-hydrogen) atoms. The van der Waals surface area contributed by atoms with Crippen LogP contribution in [-0.2, 0) is 4.79 Å². The van der Waals surface area contributed by atoms with Crippen LogP contribution in [0.2, 0.25) is 0 Å². The molecule has 0 aromatic rings. The summed E-state index contributed by atoms with van der Waals surface area (Å²) in [5, 5.41) is 8.62. The second-order valence-corrected chi connectivity index (χ2v) is 4.62. The largest absolute Gasteiger partial charge is 0.396 e. The van der Waals surface area contributed by atoms with E-state index < -0.39 is 0 Å². The van der Waals surface area contributed by atoms with Crippen molar-refractivity contribution in [2.75, 3.05) is 6.61 Å². The van der Waals surface area contributed by atoms with Gasteiger partial charge >= 0.3 is 0 Å². The normalized spacial score (nSPS) is 28.0. The Morgan fingerprint density at radius 1 is 1.29 bits per heavy atom. The first kappa shape index (κ1) is 11.7. The van der Waals surface area contributed by atoms with Gasteiger partial charge in [-0.3, -0.25) is 4.79 Å². The lowest BCUT2D eigenvalue weighted by atomic mass is 9.79. The molecular formula is C12H22O2. The summed E-state index contributed by atoms with van der Waals surface area (Å²) in [6.07, 6.45) is 7.21. The minimum absolute atomic E-state index is 0.287. The third-order valence-electron chi connectivity index (χ3n) is 3.22. The number of hydrogen-bond acceptors (Lipinski definition) is 2. The second-order valence-electron chi connectivity index (χ2n) is 4.62. The number of aliphatic hydroxyl groups excluding tert-OH is 1. The smallest absolute Gasteiger partial charge is 0.136 e. The third-order valence-corrected chi connectivity index (χ3v) is 3.22. The van der Waals surface area contributed by atoms with E-state index in [1.165, 1.54) is 6.42 Å². The van der Waals surface area contributed by atoms with Gasteiger partial charge in [0.05, 0.1) is 0 Å². The van der Waals surface area contributed by atoms with Gasteiger partial charge in [-0.2, -0.15) is 0 Å². The summed E-state index contributed by atoms with van der Waals surface area (Å²) < 4.78 is 0. The van der Waals surface area contributed by atoms with Gasteiger partial charge in [0.25, 0.3) is 0 Å². The van der Waals surface area contributed by atoms with Crippen molar-refractivity contribution in [2.24, 2.45) is 11.8 Å². The van der Waals surface area contributed by atoms with E-state index in [4.69, 9.17) is 5.11 Å². The Morgan fingerprint density at radius 3 is 2.71 bits per heavy atom. The molecule has 0 spiro atoms. The summed E-state index contributed by atoms with van der Waals surface area (Å²) in [5.74, 6) is 1.42. The first-order valence-electron chi connectivity index (χ1n) is 5.87. The highest BCUT2D eigenvalue weighted by Gasteiger charge is 2.25. The van der Waals surface area contributed by atoms with Gasteiger partial charge in [-0.1, -0.05) is 19.8 Å². The van der Waals surface area contributed by atoms with Crippen LogP contribution in [0.25, 0.3) is 0 Å². The van der Waals surface area contributed by atoms with E-state index in [0.29, 0.717) is 17.6 Å². The fourth-order valence-corrected chi connectivity index (χ4v) is 2.24. The Morgan fingerprint density at radius 2 is 2.07 bits per heavy atom. The molecule has 2 nitrogen and oxygen atoms in total. The molecule has 1 N–H and O–H groups in total. The lowest BCUT2D eigenvalue weighted by molar-refractivity contribution is -0.126. The molecule has 0 aromatic heterocycles. The van der Waals surface area contributed by atoms with Crippen LogP contribution in [-0.4, -0.2) is 17.5 Å². The number of carbonyl (C=O) groups excluding carboxylic acids is 1. The second kappa shape index (κ2) is 6.18. The lowest BCUT2D eigenvalue weighted by Gasteiger charge is -2.24. The Kier molecular flexibility index (Phi) is 5.16. The summed E-state index contributed by atoms with van der Waals surface area (Å²) in [6.45, 7) is 2.45. The first-order chi connectivity index (χ1) is 6.74. The predicted molar refractivity (Wildman–Crippen MR) is 57.1 cm³/mol. The van der Waals surface area contributed by atoms with Gasteiger partial charge in [-0.05, 0) is 31.6 Å². The van der Waals surface area contributed by atoms with Crippen molar-refractivity contribution in [3.05, 3.63) is 0 Å². The number of unbranched alkanes of at least 4 members (excludes halogenated alkanes) is 2. The van der Waals surface area contributed by atoms with Gasteiger partial charge in [0.1, 0.15) is 5.78 Å². The van der Waals surface area contributed by atoms with E-state index in [1.54, 1.807) is 0 Å². The molecule has 1 aliphatic rings. The average molecular weight is 198 g/mol. The van der Waals surface area contributed by atoms with E-state index in [-0.39, 0.29) is 6.61 Å². The molecule has 0 aromatic carbocycles. The molecule has 2 unspecified atom stereocenters. The molecular weight excluding hydrogens is 176 g/mol. The van der Waals surface area contributed by atoms with Crippen molar-refractivity contribution >= 4 is 5.78 Å². The molecule has 0 heterocycles. The van der Waals surface area contributed by atoms with E-state index in [2.05, 4.69) is 6.92 Å². The highest BCUT2D eigenvalue weighted by molar-refractivity contribution is 5.81. The third kappa shape index (κ3) is 3.79. The number of ketones is 1.